The van der Waals surface area contributed by atoms with Crippen LogP contribution in [-0.4, -0.2) is 48.3 Å². The third-order valence-corrected chi connectivity index (χ3v) is 3.57. The van der Waals surface area contributed by atoms with E-state index in [9.17, 15) is 5.11 Å². The average molecular weight is 184 g/mol. The minimum atomic E-state index is -0.161. The van der Waals surface area contributed by atoms with Crippen LogP contribution in [0.3, 0.4) is 0 Å². The Hall–Kier alpha value is -0.120. The van der Waals surface area contributed by atoms with Gasteiger partial charge >= 0.3 is 0 Å². The highest BCUT2D eigenvalue weighted by atomic mass is 16.3. The minimum absolute atomic E-state index is 0.161. The van der Waals surface area contributed by atoms with Crippen LogP contribution in [-0.2, 0) is 0 Å². The molecule has 0 radical (unpaired) electrons. The molecule has 0 bridgehead atoms. The maximum Gasteiger partial charge on any atom is 0.0831 e. The van der Waals surface area contributed by atoms with Crippen LogP contribution in [0.15, 0.2) is 0 Å². The van der Waals surface area contributed by atoms with Crippen molar-refractivity contribution >= 4 is 0 Å². The molecule has 3 heteroatoms. The molecule has 0 spiro atoms. The lowest BCUT2D eigenvalue weighted by atomic mass is 10.1. The zero-order valence-corrected chi connectivity index (χ0v) is 8.37. The summed E-state index contributed by atoms with van der Waals surface area (Å²) in [5.41, 5.74) is 0. The summed E-state index contributed by atoms with van der Waals surface area (Å²) in [6.45, 7) is 1.72. The number of nitrogens with zero attached hydrogens (tertiary/aromatic N) is 1. The summed E-state index contributed by atoms with van der Waals surface area (Å²) in [7, 11) is 2.16. The molecule has 1 aliphatic carbocycles. The Morgan fingerprint density at radius 3 is 2.46 bits per heavy atom. The first-order valence-corrected chi connectivity index (χ1v) is 5.40. The number of β-amino-alcohol motifs (C(OH)–C–C–N with tert-alkyl or cyclic N) is 1. The van der Waals surface area contributed by atoms with Gasteiger partial charge in [0.15, 0.2) is 0 Å². The number of aliphatic hydroxyl groups is 1. The van der Waals surface area contributed by atoms with Crippen LogP contribution in [0.2, 0.25) is 0 Å². The van der Waals surface area contributed by atoms with Crippen LogP contribution >= 0.6 is 0 Å². The second kappa shape index (κ2) is 3.95. The molecule has 0 amide bonds. The van der Waals surface area contributed by atoms with E-state index in [0.29, 0.717) is 6.04 Å². The maximum absolute atomic E-state index is 9.72. The van der Waals surface area contributed by atoms with Crippen molar-refractivity contribution in [2.24, 2.45) is 0 Å². The van der Waals surface area contributed by atoms with E-state index in [2.05, 4.69) is 17.3 Å². The van der Waals surface area contributed by atoms with E-state index in [1.54, 1.807) is 0 Å². The first-order valence-electron chi connectivity index (χ1n) is 5.40. The first-order chi connectivity index (χ1) is 6.29. The molecular weight excluding hydrogens is 164 g/mol. The predicted octanol–water partition coefficient (Wildman–Crippen LogP) is 0.193. The third kappa shape index (κ3) is 1.87. The molecule has 0 aromatic carbocycles. The van der Waals surface area contributed by atoms with E-state index >= 15 is 0 Å². The molecule has 1 aliphatic heterocycles. The standard InChI is InChI=1S/C10H20N2O/c1-12(8-4-2-3-5-8)9-6-11-7-10(9)13/h8-11,13H,2-7H2,1H3. The molecule has 1 saturated heterocycles. The zero-order valence-electron chi connectivity index (χ0n) is 8.37. The zero-order chi connectivity index (χ0) is 9.26. The fourth-order valence-corrected chi connectivity index (χ4v) is 2.65. The van der Waals surface area contributed by atoms with E-state index < -0.39 is 0 Å². The van der Waals surface area contributed by atoms with E-state index in [1.807, 2.05) is 0 Å². The molecular formula is C10H20N2O. The number of likely N-dealkylation sites (N-methyl/N-ethyl adjacent to an activating group) is 1. The summed E-state index contributed by atoms with van der Waals surface area (Å²) in [6, 6.07) is 1.07. The molecule has 3 nitrogen and oxygen atoms in total. The number of hydrogen-bond acceptors (Lipinski definition) is 3. The van der Waals surface area contributed by atoms with Gasteiger partial charge in [-0.15, -0.1) is 0 Å². The van der Waals surface area contributed by atoms with E-state index in [4.69, 9.17) is 0 Å². The molecule has 2 rings (SSSR count). The average Bonchev–Trinajstić information content (AvgIpc) is 2.72. The number of nitrogens with one attached hydrogen (secondary N) is 1. The lowest BCUT2D eigenvalue weighted by molar-refractivity contribution is 0.0746. The maximum atomic E-state index is 9.72. The van der Waals surface area contributed by atoms with Gasteiger partial charge in [-0.3, -0.25) is 4.90 Å². The highest BCUT2D eigenvalue weighted by molar-refractivity contribution is 4.91. The van der Waals surface area contributed by atoms with Gasteiger partial charge in [0, 0.05) is 25.2 Å². The Labute approximate surface area is 80.1 Å². The van der Waals surface area contributed by atoms with Crippen molar-refractivity contribution in [2.45, 2.75) is 43.9 Å². The molecule has 0 aromatic rings. The Balaban J connectivity index is 1.91. The van der Waals surface area contributed by atoms with Crippen molar-refractivity contribution in [3.63, 3.8) is 0 Å². The van der Waals surface area contributed by atoms with Gasteiger partial charge in [0.25, 0.3) is 0 Å². The van der Waals surface area contributed by atoms with Crippen molar-refractivity contribution < 1.29 is 5.11 Å². The molecule has 1 heterocycles. The number of rotatable bonds is 2. The van der Waals surface area contributed by atoms with Crippen molar-refractivity contribution in [3.05, 3.63) is 0 Å². The van der Waals surface area contributed by atoms with Gasteiger partial charge in [0.05, 0.1) is 6.10 Å². The molecule has 76 valence electrons. The van der Waals surface area contributed by atoms with Gasteiger partial charge in [-0.2, -0.15) is 0 Å². The Kier molecular flexibility index (Phi) is 2.86. The van der Waals surface area contributed by atoms with Gasteiger partial charge in [-0.25, -0.2) is 0 Å². The lowest BCUT2D eigenvalue weighted by Gasteiger charge is -2.31. The molecule has 2 unspecified atom stereocenters. The highest BCUT2D eigenvalue weighted by Gasteiger charge is 2.32. The summed E-state index contributed by atoms with van der Waals surface area (Å²) in [5, 5.41) is 13.0. The van der Waals surface area contributed by atoms with Crippen LogP contribution in [0.5, 0.6) is 0 Å². The summed E-state index contributed by atoms with van der Waals surface area (Å²) in [5.74, 6) is 0. The molecule has 2 N–H and O–H groups in total. The highest BCUT2D eigenvalue weighted by Crippen LogP contribution is 2.25. The summed E-state index contributed by atoms with van der Waals surface area (Å²) in [4.78, 5) is 2.39. The van der Waals surface area contributed by atoms with Crippen LogP contribution < -0.4 is 5.32 Å². The van der Waals surface area contributed by atoms with Crippen LogP contribution in [0.1, 0.15) is 25.7 Å². The lowest BCUT2D eigenvalue weighted by Crippen LogP contribution is -2.45. The van der Waals surface area contributed by atoms with Crippen molar-refractivity contribution in [1.82, 2.24) is 10.2 Å². The molecule has 2 fully saturated rings. The van der Waals surface area contributed by atoms with Gasteiger partial charge in [0.1, 0.15) is 0 Å². The van der Waals surface area contributed by atoms with E-state index in [0.717, 1.165) is 19.1 Å². The van der Waals surface area contributed by atoms with Gasteiger partial charge < -0.3 is 10.4 Å². The third-order valence-electron chi connectivity index (χ3n) is 3.57. The normalized spacial score (nSPS) is 36.2. The van der Waals surface area contributed by atoms with Crippen molar-refractivity contribution in [3.8, 4) is 0 Å². The molecule has 2 aliphatic rings. The fourth-order valence-electron chi connectivity index (χ4n) is 2.65. The van der Waals surface area contributed by atoms with Crippen molar-refractivity contribution in [1.29, 1.82) is 0 Å². The Bertz CT molecular complexity index is 168. The second-order valence-corrected chi connectivity index (χ2v) is 4.40. The van der Waals surface area contributed by atoms with E-state index in [1.165, 1.54) is 25.7 Å². The van der Waals surface area contributed by atoms with Crippen molar-refractivity contribution in [2.75, 3.05) is 20.1 Å². The predicted molar refractivity (Wildman–Crippen MR) is 52.7 cm³/mol. The topological polar surface area (TPSA) is 35.5 Å². The van der Waals surface area contributed by atoms with Gasteiger partial charge in [-0.1, -0.05) is 12.8 Å². The minimum Gasteiger partial charge on any atom is -0.390 e. The number of aliphatic hydroxyl groups excluding tert-OH is 1. The monoisotopic (exact) mass is 184 g/mol. The second-order valence-electron chi connectivity index (χ2n) is 4.40. The van der Waals surface area contributed by atoms with Crippen LogP contribution in [0.4, 0.5) is 0 Å². The molecule has 1 saturated carbocycles. The first kappa shape index (κ1) is 9.44. The number of hydrogen-bond donors (Lipinski definition) is 2. The van der Waals surface area contributed by atoms with Crippen LogP contribution in [0, 0.1) is 0 Å². The molecule has 0 aromatic heterocycles. The fraction of sp³-hybridized carbons (Fsp3) is 1.00. The summed E-state index contributed by atoms with van der Waals surface area (Å²) >= 11 is 0. The van der Waals surface area contributed by atoms with E-state index in [-0.39, 0.29) is 6.10 Å². The quantitative estimate of drug-likeness (QED) is 0.643. The molecule has 13 heavy (non-hydrogen) atoms. The Morgan fingerprint density at radius 2 is 1.92 bits per heavy atom. The van der Waals surface area contributed by atoms with Gasteiger partial charge in [0.2, 0.25) is 0 Å². The summed E-state index contributed by atoms with van der Waals surface area (Å²) < 4.78 is 0. The smallest absolute Gasteiger partial charge is 0.0831 e. The van der Waals surface area contributed by atoms with Gasteiger partial charge in [-0.05, 0) is 19.9 Å². The summed E-state index contributed by atoms with van der Waals surface area (Å²) in [6.07, 6.45) is 5.21. The Morgan fingerprint density at radius 1 is 1.23 bits per heavy atom. The largest absolute Gasteiger partial charge is 0.390 e. The molecule has 2 atom stereocenters. The van der Waals surface area contributed by atoms with Crippen LogP contribution in [0.25, 0.3) is 0 Å². The SMILES string of the molecule is CN(C1CCCC1)C1CNCC1O.